The van der Waals surface area contributed by atoms with Crippen LogP contribution in [-0.2, 0) is 0 Å². The topological polar surface area (TPSA) is 32.3 Å². The van der Waals surface area contributed by atoms with E-state index in [1.54, 1.807) is 18.2 Å². The summed E-state index contributed by atoms with van der Waals surface area (Å²) in [6.45, 7) is 4.59. The van der Waals surface area contributed by atoms with Gasteiger partial charge in [-0.25, -0.2) is 4.39 Å². The van der Waals surface area contributed by atoms with Crippen LogP contribution in [0.5, 0.6) is 0 Å². The van der Waals surface area contributed by atoms with Crippen LogP contribution in [0.15, 0.2) is 24.3 Å². The van der Waals surface area contributed by atoms with Gasteiger partial charge in [-0.2, -0.15) is 0 Å². The van der Waals surface area contributed by atoms with Crippen molar-refractivity contribution in [3.63, 3.8) is 0 Å². The number of nitrogens with one attached hydrogen (secondary N) is 1. The van der Waals surface area contributed by atoms with Crippen molar-refractivity contribution in [2.24, 2.45) is 0 Å². The number of benzene rings is 1. The molecule has 5 heteroatoms. The molecule has 0 bridgehead atoms. The quantitative estimate of drug-likeness (QED) is 0.927. The molecule has 0 aliphatic carbocycles. The maximum atomic E-state index is 13.7. The minimum absolute atomic E-state index is 0. The van der Waals surface area contributed by atoms with Gasteiger partial charge < -0.3 is 10.2 Å². The van der Waals surface area contributed by atoms with Gasteiger partial charge in [0.05, 0.1) is 5.56 Å². The van der Waals surface area contributed by atoms with Gasteiger partial charge in [0.1, 0.15) is 5.82 Å². The van der Waals surface area contributed by atoms with Crippen LogP contribution < -0.4 is 5.32 Å². The van der Waals surface area contributed by atoms with Crippen LogP contribution in [0.1, 0.15) is 36.5 Å². The maximum absolute atomic E-state index is 13.7. The Bertz CT molecular complexity index is 436. The van der Waals surface area contributed by atoms with E-state index in [1.165, 1.54) is 6.07 Å². The molecule has 1 fully saturated rings. The minimum Gasteiger partial charge on any atom is -0.335 e. The standard InChI is InChI=1S/C15H21FN2O.ClH/c1-2-11-18(12-7-9-17-10-8-12)15(19)13-5-3-4-6-14(13)16;/h3-6,12,17H,2,7-11H2,1H3;1H. The summed E-state index contributed by atoms with van der Waals surface area (Å²) in [7, 11) is 0. The van der Waals surface area contributed by atoms with Crippen LogP contribution in [0.25, 0.3) is 0 Å². The van der Waals surface area contributed by atoms with Gasteiger partial charge in [0.2, 0.25) is 0 Å². The zero-order valence-corrected chi connectivity index (χ0v) is 12.6. The van der Waals surface area contributed by atoms with E-state index in [0.29, 0.717) is 6.54 Å². The molecule has 1 aromatic rings. The molecule has 0 unspecified atom stereocenters. The van der Waals surface area contributed by atoms with E-state index in [2.05, 4.69) is 5.32 Å². The number of carbonyl (C=O) groups excluding carboxylic acids is 1. The summed E-state index contributed by atoms with van der Waals surface area (Å²) in [5.74, 6) is -0.602. The zero-order chi connectivity index (χ0) is 13.7. The number of hydrogen-bond donors (Lipinski definition) is 1. The lowest BCUT2D eigenvalue weighted by Crippen LogP contribution is -2.46. The van der Waals surface area contributed by atoms with Crippen LogP contribution in [0.4, 0.5) is 4.39 Å². The number of hydrogen-bond acceptors (Lipinski definition) is 2. The molecular weight excluding hydrogens is 279 g/mol. The van der Waals surface area contributed by atoms with E-state index in [4.69, 9.17) is 0 Å². The van der Waals surface area contributed by atoms with Crippen molar-refractivity contribution in [1.82, 2.24) is 10.2 Å². The number of halogens is 2. The monoisotopic (exact) mass is 300 g/mol. The van der Waals surface area contributed by atoms with Crippen molar-refractivity contribution in [2.45, 2.75) is 32.2 Å². The first kappa shape index (κ1) is 16.9. The fourth-order valence-electron chi connectivity index (χ4n) is 2.60. The second kappa shape index (κ2) is 8.22. The van der Waals surface area contributed by atoms with E-state index in [-0.39, 0.29) is 29.9 Å². The molecule has 2 rings (SSSR count). The van der Waals surface area contributed by atoms with Crippen LogP contribution in [0, 0.1) is 5.82 Å². The highest BCUT2D eigenvalue weighted by Crippen LogP contribution is 2.17. The molecule has 1 N–H and O–H groups in total. The lowest BCUT2D eigenvalue weighted by Gasteiger charge is -2.34. The Hall–Kier alpha value is -1.13. The predicted molar refractivity (Wildman–Crippen MR) is 80.9 cm³/mol. The third-order valence-corrected chi connectivity index (χ3v) is 3.58. The lowest BCUT2D eigenvalue weighted by molar-refractivity contribution is 0.0638. The second-order valence-electron chi connectivity index (χ2n) is 4.96. The summed E-state index contributed by atoms with van der Waals surface area (Å²) >= 11 is 0. The van der Waals surface area contributed by atoms with Gasteiger partial charge >= 0.3 is 0 Å². The third kappa shape index (κ3) is 3.93. The first-order chi connectivity index (χ1) is 9.24. The molecule has 0 radical (unpaired) electrons. The molecule has 0 saturated carbocycles. The first-order valence-electron chi connectivity index (χ1n) is 7.00. The van der Waals surface area contributed by atoms with Crippen molar-refractivity contribution in [1.29, 1.82) is 0 Å². The average molecular weight is 301 g/mol. The smallest absolute Gasteiger partial charge is 0.257 e. The number of amides is 1. The molecule has 0 aromatic heterocycles. The van der Waals surface area contributed by atoms with Crippen molar-refractivity contribution < 1.29 is 9.18 Å². The lowest BCUT2D eigenvalue weighted by atomic mass is 10.0. The molecular formula is C15H22ClFN2O. The molecule has 1 aliphatic rings. The number of piperidine rings is 1. The second-order valence-corrected chi connectivity index (χ2v) is 4.96. The summed E-state index contributed by atoms with van der Waals surface area (Å²) in [4.78, 5) is 14.4. The summed E-state index contributed by atoms with van der Waals surface area (Å²) in [6.07, 6.45) is 2.78. The Kier molecular flexibility index (Phi) is 6.96. The van der Waals surface area contributed by atoms with Gasteiger partial charge in [-0.05, 0) is 44.5 Å². The average Bonchev–Trinajstić information content (AvgIpc) is 2.45. The van der Waals surface area contributed by atoms with Crippen LogP contribution in [0.3, 0.4) is 0 Å². The van der Waals surface area contributed by atoms with E-state index < -0.39 is 5.82 Å². The Morgan fingerprint density at radius 3 is 2.60 bits per heavy atom. The minimum atomic E-state index is -0.428. The summed E-state index contributed by atoms with van der Waals surface area (Å²) < 4.78 is 13.7. The summed E-state index contributed by atoms with van der Waals surface area (Å²) in [5, 5.41) is 3.29. The van der Waals surface area contributed by atoms with Gasteiger partial charge in [-0.1, -0.05) is 19.1 Å². The van der Waals surface area contributed by atoms with Gasteiger partial charge in [-0.15, -0.1) is 12.4 Å². The van der Waals surface area contributed by atoms with E-state index >= 15 is 0 Å². The third-order valence-electron chi connectivity index (χ3n) is 3.58. The molecule has 0 atom stereocenters. The highest BCUT2D eigenvalue weighted by Gasteiger charge is 2.26. The highest BCUT2D eigenvalue weighted by atomic mass is 35.5. The molecule has 20 heavy (non-hydrogen) atoms. The molecule has 1 aliphatic heterocycles. The molecule has 112 valence electrons. The van der Waals surface area contributed by atoms with Gasteiger partial charge in [0.15, 0.2) is 0 Å². The van der Waals surface area contributed by atoms with Crippen LogP contribution in [-0.4, -0.2) is 36.5 Å². The van der Waals surface area contributed by atoms with Gasteiger partial charge in [0, 0.05) is 12.6 Å². The Labute approximate surface area is 125 Å². The fraction of sp³-hybridized carbons (Fsp3) is 0.533. The highest BCUT2D eigenvalue weighted by molar-refractivity contribution is 5.94. The largest absolute Gasteiger partial charge is 0.335 e. The van der Waals surface area contributed by atoms with Crippen LogP contribution >= 0.6 is 12.4 Å². The Balaban J connectivity index is 0.00000200. The number of rotatable bonds is 4. The van der Waals surface area contributed by atoms with Crippen molar-refractivity contribution in [3.8, 4) is 0 Å². The summed E-state index contributed by atoms with van der Waals surface area (Å²) in [5.41, 5.74) is 0.189. The Morgan fingerprint density at radius 1 is 1.35 bits per heavy atom. The van der Waals surface area contributed by atoms with E-state index in [1.807, 2.05) is 11.8 Å². The molecule has 1 saturated heterocycles. The first-order valence-corrected chi connectivity index (χ1v) is 7.00. The molecule has 1 amide bonds. The molecule has 0 spiro atoms. The molecule has 1 heterocycles. The number of carbonyl (C=O) groups is 1. The fourth-order valence-corrected chi connectivity index (χ4v) is 2.60. The number of nitrogens with zero attached hydrogens (tertiary/aromatic N) is 1. The SMILES string of the molecule is CCCN(C(=O)c1ccccc1F)C1CCNCC1.Cl. The summed E-state index contributed by atoms with van der Waals surface area (Å²) in [6, 6.07) is 6.47. The molecule has 3 nitrogen and oxygen atoms in total. The zero-order valence-electron chi connectivity index (χ0n) is 11.8. The van der Waals surface area contributed by atoms with Gasteiger partial charge in [0.25, 0.3) is 5.91 Å². The normalized spacial score (nSPS) is 15.5. The van der Waals surface area contributed by atoms with E-state index in [9.17, 15) is 9.18 Å². The predicted octanol–water partition coefficient (Wildman–Crippen LogP) is 2.85. The van der Waals surface area contributed by atoms with Crippen molar-refractivity contribution in [3.05, 3.63) is 35.6 Å². The van der Waals surface area contributed by atoms with Crippen LogP contribution in [0.2, 0.25) is 0 Å². The molecule has 1 aromatic carbocycles. The van der Waals surface area contributed by atoms with Crippen molar-refractivity contribution in [2.75, 3.05) is 19.6 Å². The van der Waals surface area contributed by atoms with Gasteiger partial charge in [-0.3, -0.25) is 4.79 Å². The Morgan fingerprint density at radius 2 is 2.00 bits per heavy atom. The van der Waals surface area contributed by atoms with Crippen molar-refractivity contribution >= 4 is 18.3 Å². The van der Waals surface area contributed by atoms with E-state index in [0.717, 1.165) is 32.4 Å². The maximum Gasteiger partial charge on any atom is 0.257 e.